The molecule has 3 N–H and O–H groups in total. The van der Waals surface area contributed by atoms with Gasteiger partial charge in [-0.1, -0.05) is 47.5 Å². The number of aromatic amines is 1. The van der Waals surface area contributed by atoms with E-state index in [2.05, 4.69) is 20.1 Å². The Labute approximate surface area is 211 Å². The SMILES string of the molecule is CS(=O)c1c(-c2n[nH][b-](-c3cccc(C(F)(F)F)c3)n2)nn(-c2c(Cl)cc(C(F)(F)F)cc2Cl)c1N. The zero-order valence-corrected chi connectivity index (χ0v) is 20.1. The summed E-state index contributed by atoms with van der Waals surface area (Å²) in [7, 11) is -1.80. The van der Waals surface area contributed by atoms with Crippen molar-refractivity contribution in [2.45, 2.75) is 17.2 Å². The highest BCUT2D eigenvalue weighted by atomic mass is 35.5. The molecule has 0 aliphatic heterocycles. The minimum Gasteiger partial charge on any atom is -0.470 e. The van der Waals surface area contributed by atoms with Crippen LogP contribution >= 0.6 is 23.2 Å². The van der Waals surface area contributed by atoms with Crippen LogP contribution in [0.4, 0.5) is 32.2 Å². The van der Waals surface area contributed by atoms with E-state index in [4.69, 9.17) is 28.9 Å². The summed E-state index contributed by atoms with van der Waals surface area (Å²) in [4.78, 5) is 4.15. The molecule has 0 aliphatic rings. The molecule has 4 aromatic rings. The first-order valence-corrected chi connectivity index (χ1v) is 12.0. The van der Waals surface area contributed by atoms with E-state index in [1.54, 1.807) is 0 Å². The van der Waals surface area contributed by atoms with Gasteiger partial charge in [-0.05, 0) is 12.1 Å². The highest BCUT2D eigenvalue weighted by Gasteiger charge is 2.33. The Balaban J connectivity index is 1.84. The summed E-state index contributed by atoms with van der Waals surface area (Å²) in [5.74, 6) is -0.401. The van der Waals surface area contributed by atoms with Crippen LogP contribution in [0, 0.1) is 0 Å². The molecule has 190 valence electrons. The van der Waals surface area contributed by atoms with Gasteiger partial charge in [0.2, 0.25) is 0 Å². The van der Waals surface area contributed by atoms with Gasteiger partial charge in [-0.25, -0.2) is 9.78 Å². The van der Waals surface area contributed by atoms with Crippen LogP contribution in [-0.4, -0.2) is 41.9 Å². The number of nitrogens with two attached hydrogens (primary N) is 1. The molecule has 17 heteroatoms. The zero-order chi connectivity index (χ0) is 26.6. The minimum atomic E-state index is -4.72. The second kappa shape index (κ2) is 9.19. The van der Waals surface area contributed by atoms with Crippen LogP contribution in [-0.2, 0) is 23.2 Å². The van der Waals surface area contributed by atoms with E-state index in [9.17, 15) is 30.6 Å². The van der Waals surface area contributed by atoms with Gasteiger partial charge >= 0.3 is 12.4 Å². The predicted octanol–water partition coefficient (Wildman–Crippen LogP) is 5.34. The monoisotopic (exact) mass is 567 g/mol. The van der Waals surface area contributed by atoms with E-state index in [0.717, 1.165) is 16.8 Å². The third-order valence-electron chi connectivity index (χ3n) is 5.01. The van der Waals surface area contributed by atoms with Crippen molar-refractivity contribution in [1.29, 1.82) is 0 Å². The Morgan fingerprint density at radius 3 is 2.19 bits per heavy atom. The van der Waals surface area contributed by atoms with Crippen molar-refractivity contribution >= 4 is 46.4 Å². The van der Waals surface area contributed by atoms with Gasteiger partial charge in [0.1, 0.15) is 34.5 Å². The fourth-order valence-electron chi connectivity index (χ4n) is 3.40. The van der Waals surface area contributed by atoms with Crippen LogP contribution in [0.15, 0.2) is 41.3 Å². The summed E-state index contributed by atoms with van der Waals surface area (Å²) < 4.78 is 91.9. The summed E-state index contributed by atoms with van der Waals surface area (Å²) in [6.07, 6.45) is -8.02. The Bertz CT molecular complexity index is 1480. The molecule has 0 spiro atoms. The molecule has 36 heavy (non-hydrogen) atoms. The van der Waals surface area contributed by atoms with Gasteiger partial charge < -0.3 is 15.6 Å². The number of nitrogens with zero attached hydrogens (tertiary/aromatic N) is 4. The van der Waals surface area contributed by atoms with E-state index in [1.807, 2.05) is 0 Å². The molecule has 0 saturated heterocycles. The molecule has 7 nitrogen and oxygen atoms in total. The number of aromatic nitrogens is 5. The molecular formula is C19H12BCl2F6N6OS-. The number of nitrogen functional groups attached to an aromatic ring is 1. The van der Waals surface area contributed by atoms with Gasteiger partial charge in [0.15, 0.2) is 0 Å². The van der Waals surface area contributed by atoms with Crippen molar-refractivity contribution in [1.82, 2.24) is 24.8 Å². The first-order chi connectivity index (χ1) is 16.7. The van der Waals surface area contributed by atoms with Gasteiger partial charge in [-0.3, -0.25) is 4.21 Å². The molecule has 0 amide bonds. The van der Waals surface area contributed by atoms with Crippen LogP contribution in [0.5, 0.6) is 0 Å². The van der Waals surface area contributed by atoms with Crippen molar-refractivity contribution < 1.29 is 30.6 Å². The molecule has 2 heterocycles. The summed E-state index contributed by atoms with van der Waals surface area (Å²) >= 11 is 12.1. The number of benzene rings is 2. The van der Waals surface area contributed by atoms with Crippen molar-refractivity contribution in [3.63, 3.8) is 0 Å². The molecule has 0 aliphatic carbocycles. The number of halogens is 8. The molecule has 0 fully saturated rings. The summed E-state index contributed by atoms with van der Waals surface area (Å²) in [5.41, 5.74) is 3.93. The maximum absolute atomic E-state index is 13.1. The average molecular weight is 568 g/mol. The van der Waals surface area contributed by atoms with Crippen LogP contribution in [0.25, 0.3) is 22.7 Å². The summed E-state index contributed by atoms with van der Waals surface area (Å²) in [6.45, 7) is -1.02. The Morgan fingerprint density at radius 2 is 1.64 bits per heavy atom. The van der Waals surface area contributed by atoms with Gasteiger partial charge in [-0.2, -0.15) is 36.9 Å². The molecular weight excluding hydrogens is 556 g/mol. The number of hydrogen-bond donors (Lipinski definition) is 2. The number of hydrogen-bond acceptors (Lipinski definition) is 5. The lowest BCUT2D eigenvalue weighted by molar-refractivity contribution is -0.138. The number of anilines is 1. The lowest BCUT2D eigenvalue weighted by atomic mass is 9.79. The van der Waals surface area contributed by atoms with Crippen molar-refractivity contribution in [2.75, 3.05) is 12.0 Å². The van der Waals surface area contributed by atoms with Gasteiger partial charge in [0, 0.05) is 6.26 Å². The second-order valence-electron chi connectivity index (χ2n) is 7.43. The van der Waals surface area contributed by atoms with E-state index in [0.29, 0.717) is 12.1 Å². The molecule has 0 bridgehead atoms. The summed E-state index contributed by atoms with van der Waals surface area (Å²) in [6, 6.07) is 5.68. The van der Waals surface area contributed by atoms with E-state index in [1.165, 1.54) is 18.4 Å². The second-order valence-corrected chi connectivity index (χ2v) is 9.57. The fraction of sp³-hybridized carbons (Fsp3) is 0.158. The van der Waals surface area contributed by atoms with Crippen molar-refractivity contribution in [3.8, 4) is 22.7 Å². The average Bonchev–Trinajstić information content (AvgIpc) is 3.37. The molecule has 1 unspecified atom stereocenters. The van der Waals surface area contributed by atoms with Gasteiger partial charge in [-0.15, -0.1) is 0 Å². The molecule has 2 aromatic carbocycles. The first kappa shape index (κ1) is 26.2. The third kappa shape index (κ3) is 4.86. The van der Waals surface area contributed by atoms with E-state index >= 15 is 0 Å². The Kier molecular flexibility index (Phi) is 6.68. The lowest BCUT2D eigenvalue weighted by Crippen LogP contribution is -2.09. The molecule has 0 radical (unpaired) electrons. The van der Waals surface area contributed by atoms with E-state index < -0.39 is 51.0 Å². The highest BCUT2D eigenvalue weighted by Crippen LogP contribution is 2.40. The molecule has 0 saturated carbocycles. The fourth-order valence-corrected chi connectivity index (χ4v) is 4.83. The minimum absolute atomic E-state index is 0.0731. The first-order valence-electron chi connectivity index (χ1n) is 9.68. The molecule has 1 atom stereocenters. The van der Waals surface area contributed by atoms with Crippen LogP contribution in [0.1, 0.15) is 11.1 Å². The van der Waals surface area contributed by atoms with Crippen LogP contribution in [0.2, 0.25) is 10.0 Å². The summed E-state index contributed by atoms with van der Waals surface area (Å²) in [5, 5.41) is 9.86. The van der Waals surface area contributed by atoms with Crippen molar-refractivity contribution in [2.24, 2.45) is 0 Å². The highest BCUT2D eigenvalue weighted by molar-refractivity contribution is 7.84. The largest absolute Gasteiger partial charge is 0.470 e. The number of alkyl halides is 6. The number of rotatable bonds is 4. The van der Waals surface area contributed by atoms with Crippen LogP contribution in [0.3, 0.4) is 0 Å². The predicted molar refractivity (Wildman–Crippen MR) is 123 cm³/mol. The standard InChI is InChI=1S/C19H12BCl2F6N6OS/c1-36(35)15-13(17-30-20(33-31-17)10-4-2-3-8(5-10)18(23,24)25)32-34(16(15)29)14-11(21)6-9(7-12(14)22)19(26,27)28/h2-7,33H,29H2,1H3/q-1. The smallest absolute Gasteiger partial charge is 0.416 e. The Morgan fingerprint density at radius 1 is 1.03 bits per heavy atom. The Hall–Kier alpha value is -2.91. The normalized spacial score (nSPS) is 13.2. The van der Waals surface area contributed by atoms with Crippen LogP contribution < -0.4 is 5.73 Å². The maximum atomic E-state index is 13.1. The number of H-pyrrole nitrogens is 1. The molecule has 2 aromatic heterocycles. The van der Waals surface area contributed by atoms with E-state index in [-0.39, 0.29) is 33.4 Å². The van der Waals surface area contributed by atoms with Crippen molar-refractivity contribution in [3.05, 3.63) is 57.6 Å². The lowest BCUT2D eigenvalue weighted by Gasteiger charge is -2.13. The van der Waals surface area contributed by atoms with Gasteiger partial charge in [0.05, 0.1) is 32.0 Å². The number of nitrogens with one attached hydrogen (secondary N) is 1. The maximum Gasteiger partial charge on any atom is 0.416 e. The topological polar surface area (TPSA) is 102 Å². The third-order valence-corrected chi connectivity index (χ3v) is 6.56. The van der Waals surface area contributed by atoms with Gasteiger partial charge in [0.25, 0.3) is 0 Å². The quantitative estimate of drug-likeness (QED) is 0.324. The molecule has 4 rings (SSSR count). The zero-order valence-electron chi connectivity index (χ0n) is 17.7.